The molecule has 2 heterocycles. The lowest BCUT2D eigenvalue weighted by atomic mass is 10.0. The van der Waals surface area contributed by atoms with Crippen LogP contribution in [0.3, 0.4) is 0 Å². The van der Waals surface area contributed by atoms with Crippen molar-refractivity contribution in [2.24, 2.45) is 5.41 Å². The van der Waals surface area contributed by atoms with Gasteiger partial charge in [0, 0.05) is 36.2 Å². The van der Waals surface area contributed by atoms with Crippen molar-refractivity contribution < 1.29 is 5.11 Å². The molecule has 0 amide bonds. The average Bonchev–Trinajstić information content (AvgIpc) is 3.31. The van der Waals surface area contributed by atoms with Crippen LogP contribution in [-0.4, -0.2) is 33.2 Å². The molecule has 6 heteroatoms. The van der Waals surface area contributed by atoms with Crippen LogP contribution in [0.5, 0.6) is 0 Å². The summed E-state index contributed by atoms with van der Waals surface area (Å²) in [6, 6.07) is 3.79. The van der Waals surface area contributed by atoms with Crippen LogP contribution in [0, 0.1) is 19.3 Å². The molecule has 23 heavy (non-hydrogen) atoms. The van der Waals surface area contributed by atoms with E-state index >= 15 is 0 Å². The van der Waals surface area contributed by atoms with Crippen LogP contribution in [0.2, 0.25) is 0 Å². The minimum Gasteiger partial charge on any atom is -0.396 e. The van der Waals surface area contributed by atoms with E-state index in [1.165, 1.54) is 0 Å². The van der Waals surface area contributed by atoms with Gasteiger partial charge >= 0.3 is 0 Å². The Kier molecular flexibility index (Phi) is 4.17. The van der Waals surface area contributed by atoms with Gasteiger partial charge in [0.25, 0.3) is 5.56 Å². The number of aromatic nitrogens is 3. The molecule has 1 fully saturated rings. The Hall–Kier alpha value is -2.21. The summed E-state index contributed by atoms with van der Waals surface area (Å²) in [6.07, 6.45) is 4.87. The van der Waals surface area contributed by atoms with Crippen molar-refractivity contribution >= 4 is 5.82 Å². The molecule has 1 aliphatic rings. The standard InChI is InChI=1S/C17H22N4O2/c1-11-12(2)20-15(21-16(11)23)13-3-4-14(18-9-13)19-10-17(5-6-17)7-8-22/h3-4,9,22H,5-8,10H2,1-2H3,(H,18,19)(H,20,21,23). The molecule has 2 aromatic heterocycles. The number of aryl methyl sites for hydroxylation is 1. The number of hydrogen-bond acceptors (Lipinski definition) is 5. The third kappa shape index (κ3) is 3.42. The quantitative estimate of drug-likeness (QED) is 0.759. The zero-order valence-corrected chi connectivity index (χ0v) is 13.5. The number of nitrogens with zero attached hydrogens (tertiary/aromatic N) is 2. The van der Waals surface area contributed by atoms with Crippen molar-refractivity contribution in [3.8, 4) is 11.4 Å². The Labute approximate surface area is 135 Å². The van der Waals surface area contributed by atoms with E-state index in [4.69, 9.17) is 5.11 Å². The molecule has 0 radical (unpaired) electrons. The number of rotatable bonds is 6. The second-order valence-corrected chi connectivity index (χ2v) is 6.38. The Morgan fingerprint density at radius 1 is 1.35 bits per heavy atom. The number of aromatic amines is 1. The molecule has 1 saturated carbocycles. The lowest BCUT2D eigenvalue weighted by molar-refractivity contribution is 0.253. The van der Waals surface area contributed by atoms with Gasteiger partial charge in [-0.3, -0.25) is 4.79 Å². The molecule has 0 unspecified atom stereocenters. The molecule has 0 aliphatic heterocycles. The average molecular weight is 314 g/mol. The summed E-state index contributed by atoms with van der Waals surface area (Å²) in [5, 5.41) is 12.4. The largest absolute Gasteiger partial charge is 0.396 e. The molecule has 3 N–H and O–H groups in total. The number of hydrogen-bond donors (Lipinski definition) is 3. The van der Waals surface area contributed by atoms with Gasteiger partial charge in [0.2, 0.25) is 0 Å². The Balaban J connectivity index is 1.71. The molecule has 1 aliphatic carbocycles. The van der Waals surface area contributed by atoms with Crippen molar-refractivity contribution in [3.05, 3.63) is 39.9 Å². The molecule has 3 rings (SSSR count). The summed E-state index contributed by atoms with van der Waals surface area (Å²) in [5.41, 5.74) is 2.28. The Morgan fingerprint density at radius 2 is 2.13 bits per heavy atom. The highest BCUT2D eigenvalue weighted by Crippen LogP contribution is 2.48. The predicted molar refractivity (Wildman–Crippen MR) is 89.4 cm³/mol. The monoisotopic (exact) mass is 314 g/mol. The fourth-order valence-corrected chi connectivity index (χ4v) is 2.63. The maximum Gasteiger partial charge on any atom is 0.254 e. The summed E-state index contributed by atoms with van der Waals surface area (Å²) in [6.45, 7) is 4.66. The van der Waals surface area contributed by atoms with Gasteiger partial charge < -0.3 is 15.4 Å². The fourth-order valence-electron chi connectivity index (χ4n) is 2.63. The maximum absolute atomic E-state index is 11.8. The number of H-pyrrole nitrogens is 1. The summed E-state index contributed by atoms with van der Waals surface area (Å²) < 4.78 is 0. The first-order valence-corrected chi connectivity index (χ1v) is 7.92. The summed E-state index contributed by atoms with van der Waals surface area (Å²) in [5.74, 6) is 1.33. The van der Waals surface area contributed by atoms with Crippen LogP contribution in [0.4, 0.5) is 5.82 Å². The minimum absolute atomic E-state index is 0.116. The smallest absolute Gasteiger partial charge is 0.254 e. The van der Waals surface area contributed by atoms with Gasteiger partial charge in [-0.25, -0.2) is 9.97 Å². The van der Waals surface area contributed by atoms with E-state index in [1.807, 2.05) is 19.1 Å². The first kappa shape index (κ1) is 15.7. The molecule has 0 atom stereocenters. The minimum atomic E-state index is -0.116. The van der Waals surface area contributed by atoms with E-state index < -0.39 is 0 Å². The zero-order chi connectivity index (χ0) is 16.4. The van der Waals surface area contributed by atoms with Crippen molar-refractivity contribution in [3.63, 3.8) is 0 Å². The summed E-state index contributed by atoms with van der Waals surface area (Å²) >= 11 is 0. The van der Waals surface area contributed by atoms with E-state index in [0.717, 1.165) is 42.9 Å². The number of aliphatic hydroxyl groups excluding tert-OH is 1. The zero-order valence-electron chi connectivity index (χ0n) is 13.5. The van der Waals surface area contributed by atoms with Crippen LogP contribution < -0.4 is 10.9 Å². The van der Waals surface area contributed by atoms with Crippen molar-refractivity contribution in [2.45, 2.75) is 33.1 Å². The van der Waals surface area contributed by atoms with Gasteiger partial charge in [0.05, 0.1) is 0 Å². The molecule has 0 bridgehead atoms. The first-order chi connectivity index (χ1) is 11.0. The molecule has 122 valence electrons. The molecule has 6 nitrogen and oxygen atoms in total. The van der Waals surface area contributed by atoms with Crippen LogP contribution >= 0.6 is 0 Å². The molecule has 2 aromatic rings. The summed E-state index contributed by atoms with van der Waals surface area (Å²) in [4.78, 5) is 23.4. The highest BCUT2D eigenvalue weighted by Gasteiger charge is 2.41. The summed E-state index contributed by atoms with van der Waals surface area (Å²) in [7, 11) is 0. The van der Waals surface area contributed by atoms with E-state index in [-0.39, 0.29) is 17.6 Å². The molecule has 0 aromatic carbocycles. The third-order valence-electron chi connectivity index (χ3n) is 4.68. The van der Waals surface area contributed by atoms with Gasteiger partial charge in [-0.2, -0.15) is 0 Å². The van der Waals surface area contributed by atoms with E-state index in [0.29, 0.717) is 11.4 Å². The van der Waals surface area contributed by atoms with E-state index in [2.05, 4.69) is 20.3 Å². The van der Waals surface area contributed by atoms with Gasteiger partial charge in [0.15, 0.2) is 0 Å². The molecule has 0 spiro atoms. The maximum atomic E-state index is 11.8. The number of aliphatic hydroxyl groups is 1. The van der Waals surface area contributed by atoms with Crippen molar-refractivity contribution in [2.75, 3.05) is 18.5 Å². The number of nitrogens with one attached hydrogen (secondary N) is 2. The topological polar surface area (TPSA) is 90.9 Å². The number of pyridine rings is 1. The van der Waals surface area contributed by atoms with Crippen LogP contribution in [-0.2, 0) is 0 Å². The molecule has 0 saturated heterocycles. The lowest BCUT2D eigenvalue weighted by Gasteiger charge is -2.15. The lowest BCUT2D eigenvalue weighted by Crippen LogP contribution is -2.17. The number of anilines is 1. The Morgan fingerprint density at radius 3 is 2.70 bits per heavy atom. The van der Waals surface area contributed by atoms with Crippen LogP contribution in [0.15, 0.2) is 23.1 Å². The highest BCUT2D eigenvalue weighted by molar-refractivity contribution is 5.56. The van der Waals surface area contributed by atoms with Gasteiger partial charge in [-0.05, 0) is 50.7 Å². The predicted octanol–water partition coefficient (Wildman–Crippen LogP) is 2.02. The fraction of sp³-hybridized carbons (Fsp3) is 0.471. The van der Waals surface area contributed by atoms with E-state index in [9.17, 15) is 4.79 Å². The third-order valence-corrected chi connectivity index (χ3v) is 4.68. The van der Waals surface area contributed by atoms with Crippen molar-refractivity contribution in [1.82, 2.24) is 15.0 Å². The van der Waals surface area contributed by atoms with Crippen molar-refractivity contribution in [1.29, 1.82) is 0 Å². The van der Waals surface area contributed by atoms with Gasteiger partial charge in [-0.15, -0.1) is 0 Å². The van der Waals surface area contributed by atoms with Gasteiger partial charge in [0.1, 0.15) is 11.6 Å². The van der Waals surface area contributed by atoms with Crippen LogP contribution in [0.25, 0.3) is 11.4 Å². The molecular formula is C17H22N4O2. The van der Waals surface area contributed by atoms with E-state index in [1.54, 1.807) is 13.1 Å². The highest BCUT2D eigenvalue weighted by atomic mass is 16.3. The normalized spacial score (nSPS) is 15.4. The second-order valence-electron chi connectivity index (χ2n) is 6.38. The second kappa shape index (κ2) is 6.12. The van der Waals surface area contributed by atoms with Gasteiger partial charge in [-0.1, -0.05) is 0 Å². The first-order valence-electron chi connectivity index (χ1n) is 7.92. The molecular weight excluding hydrogens is 292 g/mol. The van der Waals surface area contributed by atoms with Crippen LogP contribution in [0.1, 0.15) is 30.5 Å². The Bertz CT molecular complexity index is 748. The SMILES string of the molecule is Cc1nc(-c2ccc(NCC3(CCO)CC3)nc2)[nH]c(=O)c1C.